The van der Waals surface area contributed by atoms with Gasteiger partial charge in [-0.15, -0.1) is 0 Å². The minimum atomic E-state index is -0.651. The van der Waals surface area contributed by atoms with E-state index in [2.05, 4.69) is 21.3 Å². The van der Waals surface area contributed by atoms with Crippen LogP contribution < -0.4 is 21.3 Å². The average Bonchev–Trinajstić information content (AvgIpc) is 2.90. The van der Waals surface area contributed by atoms with Crippen molar-refractivity contribution in [1.29, 1.82) is 0 Å². The molecule has 0 bridgehead atoms. The minimum absolute atomic E-state index is 0.180. The van der Waals surface area contributed by atoms with Gasteiger partial charge in [0.1, 0.15) is 25.3 Å². The molecule has 0 aliphatic carbocycles. The largest absolute Gasteiger partial charge is 0.445 e. The molecule has 3 rings (SSSR count). The second-order valence-electron chi connectivity index (χ2n) is 8.38. The number of carbonyl (C=O) groups excluding carboxylic acids is 4. The van der Waals surface area contributed by atoms with E-state index in [1.165, 1.54) is 0 Å². The summed E-state index contributed by atoms with van der Waals surface area (Å²) in [6.45, 7) is 1.00. The van der Waals surface area contributed by atoms with Crippen LogP contribution in [-0.4, -0.2) is 49.2 Å². The molecule has 2 unspecified atom stereocenters. The molecule has 0 saturated carbocycles. The molecule has 1 fully saturated rings. The number of rotatable bonds is 12. The topological polar surface area (TPSA) is 135 Å². The number of piperazine rings is 1. The summed E-state index contributed by atoms with van der Waals surface area (Å²) in [7, 11) is 0. The number of amides is 4. The van der Waals surface area contributed by atoms with Crippen LogP contribution in [0, 0.1) is 0 Å². The van der Waals surface area contributed by atoms with E-state index in [4.69, 9.17) is 9.47 Å². The Morgan fingerprint density at radius 2 is 1.06 bits per heavy atom. The summed E-state index contributed by atoms with van der Waals surface area (Å²) in [5.41, 5.74) is 1.78. The molecule has 4 amide bonds. The molecule has 10 heteroatoms. The first kappa shape index (κ1) is 26.5. The predicted molar refractivity (Wildman–Crippen MR) is 132 cm³/mol. The smallest absolute Gasteiger partial charge is 0.407 e. The SMILES string of the molecule is O=C(NCCCC1NC(=O)C(CCCNC(=O)OCc2ccccc2)NC1=O)OCc1ccccc1. The molecule has 1 saturated heterocycles. The maximum Gasteiger partial charge on any atom is 0.407 e. The highest BCUT2D eigenvalue weighted by atomic mass is 16.6. The van der Waals surface area contributed by atoms with Gasteiger partial charge in [0, 0.05) is 13.1 Å². The van der Waals surface area contributed by atoms with Crippen molar-refractivity contribution in [2.24, 2.45) is 0 Å². The normalized spacial score (nSPS) is 16.9. The van der Waals surface area contributed by atoms with E-state index in [0.29, 0.717) is 38.8 Å². The molecule has 2 aromatic rings. The van der Waals surface area contributed by atoms with Gasteiger partial charge in [-0.1, -0.05) is 60.7 Å². The van der Waals surface area contributed by atoms with Crippen LogP contribution in [0.3, 0.4) is 0 Å². The van der Waals surface area contributed by atoms with Crippen molar-refractivity contribution in [2.75, 3.05) is 13.1 Å². The third-order valence-corrected chi connectivity index (χ3v) is 5.57. The fourth-order valence-corrected chi connectivity index (χ4v) is 3.62. The second kappa shape index (κ2) is 14.3. The van der Waals surface area contributed by atoms with Crippen molar-refractivity contribution in [2.45, 2.75) is 51.0 Å². The standard InChI is InChI=1S/C26H32N4O6/c31-23-21(13-7-15-27-25(33)35-17-19-9-3-1-4-10-19)29-24(32)22(30-23)14-8-16-28-26(34)36-18-20-11-5-2-6-12-20/h1-6,9-12,21-22H,7-8,13-18H2,(H,27,33)(H,28,34)(H,29,32)(H,30,31). The Balaban J connectivity index is 1.24. The molecular weight excluding hydrogens is 464 g/mol. The molecule has 1 heterocycles. The summed E-state index contributed by atoms with van der Waals surface area (Å²) >= 11 is 0. The van der Waals surface area contributed by atoms with Crippen molar-refractivity contribution >= 4 is 24.0 Å². The van der Waals surface area contributed by atoms with Crippen LogP contribution in [0.4, 0.5) is 9.59 Å². The lowest BCUT2D eigenvalue weighted by Crippen LogP contribution is -2.61. The summed E-state index contributed by atoms with van der Waals surface area (Å²) in [6, 6.07) is 17.4. The molecule has 2 aromatic carbocycles. The molecule has 192 valence electrons. The van der Waals surface area contributed by atoms with Crippen LogP contribution >= 0.6 is 0 Å². The van der Waals surface area contributed by atoms with Gasteiger partial charge in [0.15, 0.2) is 0 Å². The molecule has 4 N–H and O–H groups in total. The van der Waals surface area contributed by atoms with Crippen molar-refractivity contribution in [3.05, 3.63) is 71.8 Å². The van der Waals surface area contributed by atoms with Crippen molar-refractivity contribution < 1.29 is 28.7 Å². The van der Waals surface area contributed by atoms with Crippen molar-refractivity contribution in [3.63, 3.8) is 0 Å². The Labute approximate surface area is 210 Å². The molecule has 0 radical (unpaired) electrons. The molecular formula is C26H32N4O6. The Hall–Kier alpha value is -4.08. The minimum Gasteiger partial charge on any atom is -0.445 e. The number of carbonyl (C=O) groups is 4. The van der Waals surface area contributed by atoms with E-state index in [9.17, 15) is 19.2 Å². The van der Waals surface area contributed by atoms with Crippen LogP contribution in [0.2, 0.25) is 0 Å². The summed E-state index contributed by atoms with van der Waals surface area (Å²) in [5, 5.41) is 10.7. The molecule has 1 aliphatic heterocycles. The maximum atomic E-state index is 12.4. The molecule has 36 heavy (non-hydrogen) atoms. The maximum absolute atomic E-state index is 12.4. The fraction of sp³-hybridized carbons (Fsp3) is 0.385. The van der Waals surface area contributed by atoms with Crippen molar-refractivity contribution in [3.8, 4) is 0 Å². The fourth-order valence-electron chi connectivity index (χ4n) is 3.62. The van der Waals surface area contributed by atoms with Crippen LogP contribution in [0.15, 0.2) is 60.7 Å². The van der Waals surface area contributed by atoms with Gasteiger partial charge in [0.2, 0.25) is 11.8 Å². The van der Waals surface area contributed by atoms with Crippen LogP contribution in [0.5, 0.6) is 0 Å². The second-order valence-corrected chi connectivity index (χ2v) is 8.38. The summed E-state index contributed by atoms with van der Waals surface area (Å²) in [4.78, 5) is 48.3. The molecule has 0 spiro atoms. The van der Waals surface area contributed by atoms with Gasteiger partial charge in [-0.25, -0.2) is 9.59 Å². The van der Waals surface area contributed by atoms with Crippen LogP contribution in [0.25, 0.3) is 0 Å². The highest BCUT2D eigenvalue weighted by Crippen LogP contribution is 2.08. The van der Waals surface area contributed by atoms with Gasteiger partial charge in [-0.05, 0) is 36.8 Å². The van der Waals surface area contributed by atoms with E-state index < -0.39 is 24.3 Å². The third-order valence-electron chi connectivity index (χ3n) is 5.57. The molecule has 1 aliphatic rings. The van der Waals surface area contributed by atoms with Gasteiger partial charge >= 0.3 is 12.2 Å². The van der Waals surface area contributed by atoms with Gasteiger partial charge in [0.25, 0.3) is 0 Å². The van der Waals surface area contributed by atoms with Gasteiger partial charge in [-0.3, -0.25) is 9.59 Å². The monoisotopic (exact) mass is 496 g/mol. The number of nitrogens with one attached hydrogen (secondary N) is 4. The number of ether oxygens (including phenoxy) is 2. The van der Waals surface area contributed by atoms with Gasteiger partial charge in [0.05, 0.1) is 0 Å². The third kappa shape index (κ3) is 9.28. The predicted octanol–water partition coefficient (Wildman–Crippen LogP) is 2.38. The zero-order chi connectivity index (χ0) is 25.6. The number of benzene rings is 2. The zero-order valence-corrected chi connectivity index (χ0v) is 20.0. The Morgan fingerprint density at radius 1 is 0.667 bits per heavy atom. The lowest BCUT2D eigenvalue weighted by atomic mass is 10.0. The summed E-state index contributed by atoms with van der Waals surface area (Å²) in [5.74, 6) is -0.525. The highest BCUT2D eigenvalue weighted by Gasteiger charge is 2.32. The first-order valence-corrected chi connectivity index (χ1v) is 12.0. The summed E-state index contributed by atoms with van der Waals surface area (Å²) < 4.78 is 10.3. The average molecular weight is 497 g/mol. The number of hydrogen-bond donors (Lipinski definition) is 4. The first-order valence-electron chi connectivity index (χ1n) is 12.0. The highest BCUT2D eigenvalue weighted by molar-refractivity contribution is 5.96. The zero-order valence-electron chi connectivity index (χ0n) is 20.0. The van der Waals surface area contributed by atoms with E-state index >= 15 is 0 Å². The Bertz CT molecular complexity index is 921. The van der Waals surface area contributed by atoms with Crippen LogP contribution in [-0.2, 0) is 32.3 Å². The van der Waals surface area contributed by atoms with Gasteiger partial charge < -0.3 is 30.7 Å². The number of hydrogen-bond acceptors (Lipinski definition) is 6. The van der Waals surface area contributed by atoms with Crippen molar-refractivity contribution in [1.82, 2.24) is 21.3 Å². The number of alkyl carbamates (subject to hydrolysis) is 2. The summed E-state index contributed by atoms with van der Waals surface area (Å²) in [6.07, 6.45) is 0.704. The van der Waals surface area contributed by atoms with E-state index in [1.54, 1.807) is 0 Å². The Kier molecular flexibility index (Phi) is 10.6. The quantitative estimate of drug-likeness (QED) is 0.333. The Morgan fingerprint density at radius 3 is 1.44 bits per heavy atom. The molecule has 2 atom stereocenters. The first-order chi connectivity index (χ1) is 17.5. The lowest BCUT2D eigenvalue weighted by molar-refractivity contribution is -0.137. The molecule has 10 nitrogen and oxygen atoms in total. The van der Waals surface area contributed by atoms with E-state index in [-0.39, 0.29) is 25.0 Å². The molecule has 0 aromatic heterocycles. The van der Waals surface area contributed by atoms with Crippen LogP contribution in [0.1, 0.15) is 36.8 Å². The van der Waals surface area contributed by atoms with Gasteiger partial charge in [-0.2, -0.15) is 0 Å². The lowest BCUT2D eigenvalue weighted by Gasteiger charge is -2.29. The van der Waals surface area contributed by atoms with E-state index in [0.717, 1.165) is 11.1 Å². The van der Waals surface area contributed by atoms with E-state index in [1.807, 2.05) is 60.7 Å².